The molecule has 0 aromatic heterocycles. The van der Waals surface area contributed by atoms with Crippen molar-refractivity contribution in [2.45, 2.75) is 26.7 Å². The third-order valence-corrected chi connectivity index (χ3v) is 4.35. The lowest BCUT2D eigenvalue weighted by Crippen LogP contribution is -2.14. The molecule has 108 valence electrons. The summed E-state index contributed by atoms with van der Waals surface area (Å²) in [7, 11) is -0.841. The molecular formula is C15H20N2O2S. The molecule has 0 saturated carbocycles. The fourth-order valence-corrected chi connectivity index (χ4v) is 3.12. The maximum Gasteiger partial charge on any atom is 0.224 e. The van der Waals surface area contributed by atoms with Crippen LogP contribution in [0.25, 0.3) is 0 Å². The van der Waals surface area contributed by atoms with Crippen molar-refractivity contribution >= 4 is 22.4 Å². The minimum atomic E-state index is -0.841. The molecule has 5 heteroatoms. The normalized spacial score (nSPS) is 11.9. The zero-order chi connectivity index (χ0) is 15.0. The Labute approximate surface area is 122 Å². The molecule has 0 radical (unpaired) electrons. The lowest BCUT2D eigenvalue weighted by Gasteiger charge is -2.06. The molecule has 0 heterocycles. The topological polar surface area (TPSA) is 70.0 Å². The number of hydrogen-bond acceptors (Lipinski definition) is 3. The number of carbonyl (C=O) groups excluding carboxylic acids is 1. The molecule has 0 bridgehead atoms. The van der Waals surface area contributed by atoms with Crippen molar-refractivity contribution in [1.29, 1.82) is 5.26 Å². The Morgan fingerprint density at radius 2 is 2.20 bits per heavy atom. The second-order valence-electron chi connectivity index (χ2n) is 5.05. The van der Waals surface area contributed by atoms with E-state index in [1.165, 1.54) is 0 Å². The van der Waals surface area contributed by atoms with E-state index in [0.717, 1.165) is 0 Å². The number of anilines is 1. The van der Waals surface area contributed by atoms with Crippen molar-refractivity contribution in [2.24, 2.45) is 5.92 Å². The highest BCUT2D eigenvalue weighted by atomic mass is 32.2. The van der Waals surface area contributed by atoms with E-state index in [1.54, 1.807) is 24.3 Å². The lowest BCUT2D eigenvalue weighted by atomic mass is 10.2. The monoisotopic (exact) mass is 292 g/mol. The molecule has 0 spiro atoms. The predicted octanol–water partition coefficient (Wildman–Crippen LogP) is 2.68. The number of nitrogens with zero attached hydrogens (tertiary/aromatic N) is 1. The summed E-state index contributed by atoms with van der Waals surface area (Å²) in [4.78, 5) is 11.7. The van der Waals surface area contributed by atoms with Crippen LogP contribution in [0, 0.1) is 17.2 Å². The van der Waals surface area contributed by atoms with Gasteiger partial charge in [-0.2, -0.15) is 5.26 Å². The van der Waals surface area contributed by atoms with Gasteiger partial charge in [-0.05, 0) is 30.5 Å². The average molecular weight is 292 g/mol. The van der Waals surface area contributed by atoms with Crippen LogP contribution in [-0.4, -0.2) is 21.6 Å². The molecule has 0 fully saturated rings. The highest BCUT2D eigenvalue weighted by molar-refractivity contribution is 7.84. The molecule has 0 aliphatic carbocycles. The first-order valence-electron chi connectivity index (χ1n) is 6.66. The van der Waals surface area contributed by atoms with Gasteiger partial charge in [-0.15, -0.1) is 0 Å². The van der Waals surface area contributed by atoms with Gasteiger partial charge >= 0.3 is 0 Å². The van der Waals surface area contributed by atoms with Crippen molar-refractivity contribution in [2.75, 3.05) is 16.8 Å². The number of hydrogen-bond donors (Lipinski definition) is 1. The second kappa shape index (κ2) is 8.49. The van der Waals surface area contributed by atoms with Crippen LogP contribution in [-0.2, 0) is 15.6 Å². The summed E-state index contributed by atoms with van der Waals surface area (Å²) < 4.78 is 11.6. The fraction of sp³-hybridized carbons (Fsp3) is 0.467. The minimum Gasteiger partial charge on any atom is -0.326 e. The van der Waals surface area contributed by atoms with E-state index in [-0.39, 0.29) is 5.91 Å². The summed E-state index contributed by atoms with van der Waals surface area (Å²) in [6, 6.07) is 8.82. The largest absolute Gasteiger partial charge is 0.326 e. The van der Waals surface area contributed by atoms with Crippen LogP contribution in [0.2, 0.25) is 0 Å². The Bertz CT molecular complexity index is 521. The first kappa shape index (κ1) is 16.4. The third kappa shape index (κ3) is 6.48. The Hall–Kier alpha value is -1.67. The van der Waals surface area contributed by atoms with Crippen LogP contribution in [0.4, 0.5) is 5.69 Å². The van der Waals surface area contributed by atoms with Crippen molar-refractivity contribution in [3.05, 3.63) is 29.8 Å². The number of rotatable bonds is 7. The number of amides is 1. The van der Waals surface area contributed by atoms with E-state index in [9.17, 15) is 9.00 Å². The molecule has 1 rings (SSSR count). The van der Waals surface area contributed by atoms with E-state index in [2.05, 4.69) is 5.32 Å². The van der Waals surface area contributed by atoms with Gasteiger partial charge in [-0.1, -0.05) is 19.9 Å². The van der Waals surface area contributed by atoms with Gasteiger partial charge in [0.1, 0.15) is 0 Å². The molecule has 1 atom stereocenters. The molecule has 0 saturated heterocycles. The summed E-state index contributed by atoms with van der Waals surface area (Å²) >= 11 is 0. The van der Waals surface area contributed by atoms with Crippen LogP contribution in [0.5, 0.6) is 0 Å². The summed E-state index contributed by atoms with van der Waals surface area (Å²) in [5.74, 6) is 1.55. The van der Waals surface area contributed by atoms with E-state index < -0.39 is 10.8 Å². The Morgan fingerprint density at radius 3 is 2.85 bits per heavy atom. The van der Waals surface area contributed by atoms with Gasteiger partial charge in [0, 0.05) is 34.4 Å². The molecule has 1 N–H and O–H groups in total. The summed E-state index contributed by atoms with van der Waals surface area (Å²) in [6.07, 6.45) is 0.962. The smallest absolute Gasteiger partial charge is 0.224 e. The molecule has 1 amide bonds. The van der Waals surface area contributed by atoms with Crippen LogP contribution < -0.4 is 5.32 Å². The highest BCUT2D eigenvalue weighted by Gasteiger charge is 2.06. The number of carbonyl (C=O) groups is 1. The predicted molar refractivity (Wildman–Crippen MR) is 81.7 cm³/mol. The van der Waals surface area contributed by atoms with E-state index in [1.807, 2.05) is 19.9 Å². The number of nitriles is 1. The lowest BCUT2D eigenvalue weighted by molar-refractivity contribution is -0.116. The maximum atomic E-state index is 11.7. The second-order valence-corrected chi connectivity index (χ2v) is 6.67. The molecule has 1 aromatic carbocycles. The van der Waals surface area contributed by atoms with Crippen LogP contribution in [0.15, 0.2) is 24.3 Å². The Balaban J connectivity index is 2.33. The quantitative estimate of drug-likeness (QED) is 0.840. The number of nitrogens with one attached hydrogen (secondary N) is 1. The molecule has 0 aliphatic heterocycles. The zero-order valence-corrected chi connectivity index (χ0v) is 12.7. The number of benzene rings is 1. The van der Waals surface area contributed by atoms with E-state index in [4.69, 9.17) is 5.26 Å². The first-order valence-corrected chi connectivity index (χ1v) is 8.15. The first-order chi connectivity index (χ1) is 9.51. The van der Waals surface area contributed by atoms with Crippen LogP contribution in [0.3, 0.4) is 0 Å². The standard InChI is InChI=1S/C15H20N2O2S/c1-12(2)11-20(19)8-4-7-15(18)17-14-6-3-5-13(9-14)10-16/h3,5-6,9,12H,4,7-8,11H2,1-2H3,(H,17,18). The van der Waals surface area contributed by atoms with Crippen LogP contribution >= 0.6 is 0 Å². The van der Waals surface area contributed by atoms with Crippen molar-refractivity contribution in [1.82, 2.24) is 0 Å². The SMILES string of the molecule is CC(C)CS(=O)CCCC(=O)Nc1cccc(C#N)c1. The summed E-state index contributed by atoms with van der Waals surface area (Å²) in [5, 5.41) is 11.5. The van der Waals surface area contributed by atoms with Gasteiger partial charge < -0.3 is 5.32 Å². The van der Waals surface area contributed by atoms with Gasteiger partial charge in [0.05, 0.1) is 11.6 Å². The molecular weight excluding hydrogens is 272 g/mol. The average Bonchev–Trinajstić information content (AvgIpc) is 2.38. The van der Waals surface area contributed by atoms with E-state index >= 15 is 0 Å². The molecule has 1 aromatic rings. The van der Waals surface area contributed by atoms with Gasteiger partial charge in [-0.25, -0.2) is 0 Å². The van der Waals surface area contributed by atoms with Gasteiger partial charge in [0.15, 0.2) is 0 Å². The van der Waals surface area contributed by atoms with Gasteiger partial charge in [-0.3, -0.25) is 9.00 Å². The fourth-order valence-electron chi connectivity index (χ4n) is 1.74. The summed E-state index contributed by atoms with van der Waals surface area (Å²) in [6.45, 7) is 4.07. The van der Waals surface area contributed by atoms with Gasteiger partial charge in [0.25, 0.3) is 0 Å². The zero-order valence-electron chi connectivity index (χ0n) is 11.9. The van der Waals surface area contributed by atoms with Crippen molar-refractivity contribution < 1.29 is 9.00 Å². The van der Waals surface area contributed by atoms with Gasteiger partial charge in [0.2, 0.25) is 5.91 Å². The highest BCUT2D eigenvalue weighted by Crippen LogP contribution is 2.10. The minimum absolute atomic E-state index is 0.110. The van der Waals surface area contributed by atoms with Crippen LogP contribution in [0.1, 0.15) is 32.3 Å². The summed E-state index contributed by atoms with van der Waals surface area (Å²) in [5.41, 5.74) is 1.14. The Morgan fingerprint density at radius 1 is 1.45 bits per heavy atom. The Kier molecular flexibility index (Phi) is 6.96. The molecule has 20 heavy (non-hydrogen) atoms. The van der Waals surface area contributed by atoms with E-state index in [0.29, 0.717) is 41.5 Å². The molecule has 4 nitrogen and oxygen atoms in total. The maximum absolute atomic E-state index is 11.7. The molecule has 0 aliphatic rings. The van der Waals surface area contributed by atoms with Crippen molar-refractivity contribution in [3.63, 3.8) is 0 Å². The molecule has 1 unspecified atom stereocenters. The van der Waals surface area contributed by atoms with Crippen molar-refractivity contribution in [3.8, 4) is 6.07 Å². The third-order valence-electron chi connectivity index (χ3n) is 2.57.